The van der Waals surface area contributed by atoms with E-state index in [1.807, 2.05) is 31.3 Å². The van der Waals surface area contributed by atoms with E-state index in [0.717, 1.165) is 41.5 Å². The van der Waals surface area contributed by atoms with Crippen molar-refractivity contribution in [3.63, 3.8) is 0 Å². The Balaban J connectivity index is 1.54. The minimum atomic E-state index is 0.0578. The number of phenols is 1. The van der Waals surface area contributed by atoms with E-state index in [1.54, 1.807) is 12.1 Å². The predicted molar refractivity (Wildman–Crippen MR) is 82.1 cm³/mol. The molecule has 4 rings (SSSR count). The fourth-order valence-corrected chi connectivity index (χ4v) is 2.96. The molecule has 2 aromatic rings. The Morgan fingerprint density at radius 2 is 1.91 bits per heavy atom. The molecule has 2 heterocycles. The zero-order valence-corrected chi connectivity index (χ0v) is 12.3. The molecule has 2 aliphatic rings. The van der Waals surface area contributed by atoms with E-state index < -0.39 is 0 Å². The van der Waals surface area contributed by atoms with E-state index in [9.17, 15) is 5.11 Å². The van der Waals surface area contributed by atoms with Gasteiger partial charge in [-0.05, 0) is 29.8 Å². The van der Waals surface area contributed by atoms with Gasteiger partial charge in [0.2, 0.25) is 6.79 Å². The number of aromatic hydroxyl groups is 1. The van der Waals surface area contributed by atoms with Crippen molar-refractivity contribution in [1.82, 2.24) is 0 Å². The summed E-state index contributed by atoms with van der Waals surface area (Å²) in [6.45, 7) is 1.06. The topological polar surface area (TPSA) is 51.2 Å². The molecule has 0 aromatic heterocycles. The first-order valence-corrected chi connectivity index (χ1v) is 7.28. The van der Waals surface area contributed by atoms with Crippen molar-refractivity contribution in [2.24, 2.45) is 0 Å². The van der Waals surface area contributed by atoms with Crippen molar-refractivity contribution in [1.29, 1.82) is 0 Å². The lowest BCUT2D eigenvalue weighted by Gasteiger charge is -2.34. The second-order valence-corrected chi connectivity index (χ2v) is 5.66. The molecule has 0 fully saturated rings. The normalized spacial score (nSPS) is 18.8. The van der Waals surface area contributed by atoms with Gasteiger partial charge >= 0.3 is 0 Å². The quantitative estimate of drug-likeness (QED) is 0.923. The summed E-state index contributed by atoms with van der Waals surface area (Å²) >= 11 is 0. The number of benzene rings is 2. The number of likely N-dealkylation sites (N-methyl/N-ethyl adjacent to an activating group) is 1. The third kappa shape index (κ3) is 2.28. The van der Waals surface area contributed by atoms with Crippen LogP contribution in [0.15, 0.2) is 36.4 Å². The Kier molecular flexibility index (Phi) is 2.99. The van der Waals surface area contributed by atoms with Crippen molar-refractivity contribution in [3.05, 3.63) is 42.0 Å². The molecule has 22 heavy (non-hydrogen) atoms. The van der Waals surface area contributed by atoms with Gasteiger partial charge in [-0.2, -0.15) is 0 Å². The minimum Gasteiger partial charge on any atom is -0.508 e. The molecule has 5 heteroatoms. The Hall–Kier alpha value is -2.56. The van der Waals surface area contributed by atoms with Gasteiger partial charge in [0.05, 0.1) is 12.2 Å². The Morgan fingerprint density at radius 3 is 2.82 bits per heavy atom. The van der Waals surface area contributed by atoms with Gasteiger partial charge in [-0.3, -0.25) is 0 Å². The number of ether oxygens (including phenoxy) is 3. The second-order valence-electron chi connectivity index (χ2n) is 5.66. The van der Waals surface area contributed by atoms with E-state index in [0.29, 0.717) is 6.79 Å². The second kappa shape index (κ2) is 5.02. The zero-order chi connectivity index (χ0) is 15.1. The third-order valence-electron chi connectivity index (χ3n) is 4.03. The lowest BCUT2D eigenvalue weighted by molar-refractivity contribution is 0.174. The van der Waals surface area contributed by atoms with Crippen LogP contribution in [-0.2, 0) is 6.42 Å². The number of hydrogen-bond donors (Lipinski definition) is 1. The van der Waals surface area contributed by atoms with Gasteiger partial charge in [-0.1, -0.05) is 6.07 Å². The SMILES string of the molecule is CN1CC(Cc2ccc3c(c2)OCO3)Oc2ccc(O)cc21. The number of anilines is 1. The maximum atomic E-state index is 9.59. The summed E-state index contributed by atoms with van der Waals surface area (Å²) in [5.74, 6) is 2.65. The molecule has 1 atom stereocenters. The van der Waals surface area contributed by atoms with Crippen molar-refractivity contribution < 1.29 is 19.3 Å². The molecule has 0 amide bonds. The first-order chi connectivity index (χ1) is 10.7. The summed E-state index contributed by atoms with van der Waals surface area (Å²) in [4.78, 5) is 2.11. The van der Waals surface area contributed by atoms with Crippen LogP contribution in [-0.4, -0.2) is 31.6 Å². The number of fused-ring (bicyclic) bond motifs is 2. The Morgan fingerprint density at radius 1 is 1.09 bits per heavy atom. The fourth-order valence-electron chi connectivity index (χ4n) is 2.96. The van der Waals surface area contributed by atoms with Gasteiger partial charge in [-0.25, -0.2) is 0 Å². The molecule has 0 radical (unpaired) electrons. The molecule has 5 nitrogen and oxygen atoms in total. The monoisotopic (exact) mass is 299 g/mol. The summed E-state index contributed by atoms with van der Waals surface area (Å²) in [5, 5.41) is 9.59. The number of rotatable bonds is 2. The first kappa shape index (κ1) is 13.1. The summed E-state index contributed by atoms with van der Waals surface area (Å²) in [7, 11) is 2.01. The maximum absolute atomic E-state index is 9.59. The van der Waals surface area contributed by atoms with E-state index in [4.69, 9.17) is 14.2 Å². The van der Waals surface area contributed by atoms with Crippen LogP contribution in [0.1, 0.15) is 5.56 Å². The van der Waals surface area contributed by atoms with Gasteiger partial charge in [0.15, 0.2) is 11.5 Å². The van der Waals surface area contributed by atoms with Gasteiger partial charge in [-0.15, -0.1) is 0 Å². The molecule has 0 aliphatic carbocycles. The molecule has 0 saturated carbocycles. The number of hydrogen-bond acceptors (Lipinski definition) is 5. The van der Waals surface area contributed by atoms with E-state index in [2.05, 4.69) is 4.90 Å². The largest absolute Gasteiger partial charge is 0.508 e. The number of phenolic OH excluding ortho intramolecular Hbond substituents is 1. The van der Waals surface area contributed by atoms with Crippen molar-refractivity contribution in [2.45, 2.75) is 12.5 Å². The lowest BCUT2D eigenvalue weighted by Crippen LogP contribution is -2.38. The van der Waals surface area contributed by atoms with Gasteiger partial charge in [0, 0.05) is 19.5 Å². The molecule has 0 bridgehead atoms. The highest BCUT2D eigenvalue weighted by molar-refractivity contribution is 5.62. The van der Waals surface area contributed by atoms with Crippen molar-refractivity contribution in [2.75, 3.05) is 25.3 Å². The predicted octanol–water partition coefficient (Wildman–Crippen LogP) is 2.56. The van der Waals surface area contributed by atoms with Crippen LogP contribution < -0.4 is 19.1 Å². The summed E-state index contributed by atoms with van der Waals surface area (Å²) in [6, 6.07) is 11.2. The summed E-state index contributed by atoms with van der Waals surface area (Å²) in [5.41, 5.74) is 2.08. The van der Waals surface area contributed by atoms with Crippen LogP contribution in [0, 0.1) is 0 Å². The summed E-state index contributed by atoms with van der Waals surface area (Å²) in [6.07, 6.45) is 0.851. The molecule has 1 N–H and O–H groups in total. The molecule has 114 valence electrons. The lowest BCUT2D eigenvalue weighted by atomic mass is 10.0. The zero-order valence-electron chi connectivity index (χ0n) is 12.3. The average Bonchev–Trinajstić information content (AvgIpc) is 2.96. The highest BCUT2D eigenvalue weighted by atomic mass is 16.7. The number of nitrogens with zero attached hydrogens (tertiary/aromatic N) is 1. The third-order valence-corrected chi connectivity index (χ3v) is 4.03. The summed E-state index contributed by atoms with van der Waals surface area (Å²) < 4.78 is 16.8. The van der Waals surface area contributed by atoms with Gasteiger partial charge in [0.25, 0.3) is 0 Å². The van der Waals surface area contributed by atoms with Crippen LogP contribution in [0.2, 0.25) is 0 Å². The van der Waals surface area contributed by atoms with Gasteiger partial charge in [0.1, 0.15) is 17.6 Å². The highest BCUT2D eigenvalue weighted by Crippen LogP contribution is 2.37. The Labute approximate surface area is 128 Å². The van der Waals surface area contributed by atoms with Crippen LogP contribution in [0.3, 0.4) is 0 Å². The highest BCUT2D eigenvalue weighted by Gasteiger charge is 2.24. The van der Waals surface area contributed by atoms with Crippen molar-refractivity contribution in [3.8, 4) is 23.0 Å². The van der Waals surface area contributed by atoms with Crippen molar-refractivity contribution >= 4 is 5.69 Å². The van der Waals surface area contributed by atoms with E-state index in [1.165, 1.54) is 0 Å². The standard InChI is InChI=1S/C17H17NO4/c1-18-9-13(22-15-5-3-12(19)8-14(15)18)6-11-2-4-16-17(7-11)21-10-20-16/h2-5,7-8,13,19H,6,9-10H2,1H3. The Bertz CT molecular complexity index is 716. The average molecular weight is 299 g/mol. The molecule has 1 unspecified atom stereocenters. The molecular formula is C17H17NO4. The van der Waals surface area contributed by atoms with E-state index in [-0.39, 0.29) is 11.9 Å². The fraction of sp³-hybridized carbons (Fsp3) is 0.294. The molecule has 2 aromatic carbocycles. The molecule has 0 spiro atoms. The smallest absolute Gasteiger partial charge is 0.231 e. The maximum Gasteiger partial charge on any atom is 0.231 e. The van der Waals surface area contributed by atoms with Gasteiger partial charge < -0.3 is 24.2 Å². The molecule has 0 saturated heterocycles. The first-order valence-electron chi connectivity index (χ1n) is 7.28. The minimum absolute atomic E-state index is 0.0578. The van der Waals surface area contributed by atoms with E-state index >= 15 is 0 Å². The van der Waals surface area contributed by atoms with Crippen LogP contribution in [0.25, 0.3) is 0 Å². The van der Waals surface area contributed by atoms with Crippen LogP contribution in [0.4, 0.5) is 5.69 Å². The van der Waals surface area contributed by atoms with Crippen LogP contribution in [0.5, 0.6) is 23.0 Å². The van der Waals surface area contributed by atoms with Crippen LogP contribution >= 0.6 is 0 Å². The molecule has 2 aliphatic heterocycles. The molecular weight excluding hydrogens is 282 g/mol.